The third kappa shape index (κ3) is 3.21. The number of ether oxygens (including phenoxy) is 1. The first-order valence-corrected chi connectivity index (χ1v) is 8.45. The van der Waals surface area contributed by atoms with E-state index in [1.165, 1.54) is 0 Å². The molecule has 2 aliphatic heterocycles. The molecule has 2 atom stereocenters. The van der Waals surface area contributed by atoms with Crippen LogP contribution in [-0.4, -0.2) is 43.6 Å². The third-order valence-corrected chi connectivity index (χ3v) is 5.53. The van der Waals surface area contributed by atoms with Crippen LogP contribution in [-0.2, 0) is 0 Å². The van der Waals surface area contributed by atoms with Gasteiger partial charge in [0.2, 0.25) is 0 Å². The highest BCUT2D eigenvalue weighted by Crippen LogP contribution is 2.38. The van der Waals surface area contributed by atoms with Crippen LogP contribution in [0.3, 0.4) is 0 Å². The van der Waals surface area contributed by atoms with Crippen LogP contribution in [0, 0.1) is 11.3 Å². The lowest BCUT2D eigenvalue weighted by Gasteiger charge is -2.44. The Morgan fingerprint density at radius 1 is 1.26 bits per heavy atom. The van der Waals surface area contributed by atoms with Crippen LogP contribution < -0.4 is 15.6 Å². The van der Waals surface area contributed by atoms with E-state index < -0.39 is 0 Å². The highest BCUT2D eigenvalue weighted by Gasteiger charge is 2.42. The van der Waals surface area contributed by atoms with Gasteiger partial charge in [0.1, 0.15) is 5.75 Å². The first-order chi connectivity index (χ1) is 11.0. The molecule has 5 heteroatoms. The van der Waals surface area contributed by atoms with Crippen molar-refractivity contribution in [3.63, 3.8) is 0 Å². The van der Waals surface area contributed by atoms with Gasteiger partial charge >= 0.3 is 0 Å². The summed E-state index contributed by atoms with van der Waals surface area (Å²) in [6, 6.07) is 7.87. The quantitative estimate of drug-likeness (QED) is 0.896. The Labute approximate surface area is 138 Å². The molecule has 2 aliphatic rings. The van der Waals surface area contributed by atoms with Gasteiger partial charge in [0.05, 0.1) is 7.11 Å². The maximum atomic E-state index is 12.7. The maximum absolute atomic E-state index is 12.7. The van der Waals surface area contributed by atoms with Gasteiger partial charge in [-0.15, -0.1) is 0 Å². The number of benzene rings is 1. The van der Waals surface area contributed by atoms with Gasteiger partial charge in [-0.2, -0.15) is 0 Å². The largest absolute Gasteiger partial charge is 0.497 e. The van der Waals surface area contributed by atoms with E-state index in [-0.39, 0.29) is 11.3 Å². The number of piperidine rings is 1. The van der Waals surface area contributed by atoms with E-state index in [0.29, 0.717) is 12.0 Å². The Morgan fingerprint density at radius 3 is 2.43 bits per heavy atom. The van der Waals surface area contributed by atoms with Crippen LogP contribution in [0.15, 0.2) is 24.3 Å². The van der Waals surface area contributed by atoms with E-state index >= 15 is 0 Å². The van der Waals surface area contributed by atoms with Gasteiger partial charge in [-0.25, -0.2) is 0 Å². The predicted molar refractivity (Wildman–Crippen MR) is 90.3 cm³/mol. The van der Waals surface area contributed by atoms with Crippen LogP contribution in [0.1, 0.15) is 37.0 Å². The van der Waals surface area contributed by atoms with Crippen LogP contribution >= 0.6 is 0 Å². The van der Waals surface area contributed by atoms with Crippen molar-refractivity contribution in [2.45, 2.75) is 32.7 Å². The van der Waals surface area contributed by atoms with Crippen molar-refractivity contribution in [3.8, 4) is 5.75 Å². The second-order valence-corrected chi connectivity index (χ2v) is 7.15. The van der Waals surface area contributed by atoms with E-state index in [9.17, 15) is 4.79 Å². The summed E-state index contributed by atoms with van der Waals surface area (Å²) in [5.74, 6) is 1.53. The molecule has 1 aromatic carbocycles. The number of carbonyl (C=O) groups excluding carboxylic acids is 1. The summed E-state index contributed by atoms with van der Waals surface area (Å²) < 4.78 is 5.15. The monoisotopic (exact) mass is 317 g/mol. The number of carbonyl (C=O) groups is 1. The molecule has 3 rings (SSSR count). The first-order valence-electron chi connectivity index (χ1n) is 8.45. The zero-order chi connectivity index (χ0) is 16.4. The smallest absolute Gasteiger partial charge is 0.253 e. The molecule has 23 heavy (non-hydrogen) atoms. The number of rotatable bonds is 3. The number of nitrogens with one attached hydrogen (secondary N) is 2. The van der Waals surface area contributed by atoms with E-state index in [1.807, 2.05) is 29.2 Å². The van der Waals surface area contributed by atoms with Gasteiger partial charge in [0.25, 0.3) is 5.91 Å². The van der Waals surface area contributed by atoms with Gasteiger partial charge in [-0.1, -0.05) is 13.8 Å². The second-order valence-electron chi connectivity index (χ2n) is 7.15. The summed E-state index contributed by atoms with van der Waals surface area (Å²) in [6.45, 7) is 7.31. The van der Waals surface area contributed by atoms with E-state index in [4.69, 9.17) is 4.74 Å². The SMILES string of the molecule is COc1ccc(C(=O)N2CCC(C)(C3NNCC3C)CC2)cc1. The molecule has 2 fully saturated rings. The molecule has 1 amide bonds. The summed E-state index contributed by atoms with van der Waals surface area (Å²) in [6.07, 6.45) is 2.08. The topological polar surface area (TPSA) is 53.6 Å². The Balaban J connectivity index is 1.62. The summed E-state index contributed by atoms with van der Waals surface area (Å²) >= 11 is 0. The van der Waals surface area contributed by atoms with Crippen molar-refractivity contribution < 1.29 is 9.53 Å². The van der Waals surface area contributed by atoms with E-state index in [0.717, 1.165) is 43.8 Å². The molecule has 5 nitrogen and oxygen atoms in total. The summed E-state index contributed by atoms with van der Waals surface area (Å²) in [5.41, 5.74) is 7.70. The standard InChI is InChI=1S/C18H27N3O2/c1-13-12-19-20-16(13)18(2)8-10-21(11-9-18)17(22)14-4-6-15(23-3)7-5-14/h4-7,13,16,19-20H,8-12H2,1-3H3. The fourth-order valence-electron chi connectivity index (χ4n) is 3.90. The Morgan fingerprint density at radius 2 is 1.91 bits per heavy atom. The lowest BCUT2D eigenvalue weighted by molar-refractivity contribution is 0.0498. The molecular weight excluding hydrogens is 290 g/mol. The van der Waals surface area contributed by atoms with Gasteiger partial charge in [0.15, 0.2) is 0 Å². The van der Waals surface area contributed by atoms with E-state index in [2.05, 4.69) is 24.7 Å². The van der Waals surface area contributed by atoms with Crippen molar-refractivity contribution in [2.24, 2.45) is 11.3 Å². The molecule has 2 heterocycles. The minimum absolute atomic E-state index is 0.125. The number of hydrazine groups is 1. The lowest BCUT2D eigenvalue weighted by atomic mass is 9.71. The number of hydrogen-bond donors (Lipinski definition) is 2. The van der Waals surface area contributed by atoms with Crippen LogP contribution in [0.2, 0.25) is 0 Å². The number of amides is 1. The fraction of sp³-hybridized carbons (Fsp3) is 0.611. The average molecular weight is 317 g/mol. The zero-order valence-corrected chi connectivity index (χ0v) is 14.3. The molecule has 2 saturated heterocycles. The van der Waals surface area contributed by atoms with E-state index in [1.54, 1.807) is 7.11 Å². The summed E-state index contributed by atoms with van der Waals surface area (Å²) in [5, 5.41) is 0. The molecule has 1 aromatic rings. The highest BCUT2D eigenvalue weighted by molar-refractivity contribution is 5.94. The second kappa shape index (κ2) is 6.49. The summed E-state index contributed by atoms with van der Waals surface area (Å²) in [7, 11) is 1.63. The molecule has 0 aliphatic carbocycles. The van der Waals surface area contributed by atoms with Crippen molar-refractivity contribution in [3.05, 3.63) is 29.8 Å². The van der Waals surface area contributed by atoms with Crippen LogP contribution in [0.25, 0.3) is 0 Å². The molecule has 0 bridgehead atoms. The maximum Gasteiger partial charge on any atom is 0.253 e. The number of hydrogen-bond acceptors (Lipinski definition) is 4. The molecule has 0 saturated carbocycles. The minimum Gasteiger partial charge on any atom is -0.497 e. The molecule has 126 valence electrons. The van der Waals surface area contributed by atoms with Gasteiger partial charge < -0.3 is 9.64 Å². The van der Waals surface area contributed by atoms with Crippen LogP contribution in [0.4, 0.5) is 0 Å². The Bertz CT molecular complexity index is 550. The van der Waals surface area contributed by atoms with Crippen molar-refractivity contribution in [1.82, 2.24) is 15.8 Å². The number of likely N-dealkylation sites (tertiary alicyclic amines) is 1. The van der Waals surface area contributed by atoms with Crippen LogP contribution in [0.5, 0.6) is 5.75 Å². The first kappa shape index (κ1) is 16.3. The van der Waals surface area contributed by atoms with Gasteiger partial charge in [0, 0.05) is 31.2 Å². The highest BCUT2D eigenvalue weighted by atomic mass is 16.5. The zero-order valence-electron chi connectivity index (χ0n) is 14.3. The molecule has 2 unspecified atom stereocenters. The number of methoxy groups -OCH3 is 1. The molecule has 0 spiro atoms. The molecule has 0 radical (unpaired) electrons. The normalized spacial score (nSPS) is 27.0. The predicted octanol–water partition coefficient (Wildman–Crippen LogP) is 2.05. The van der Waals surface area contributed by atoms with Crippen molar-refractivity contribution >= 4 is 5.91 Å². The molecule has 2 N–H and O–H groups in total. The van der Waals surface area contributed by atoms with Gasteiger partial charge in [-0.05, 0) is 48.4 Å². The Kier molecular flexibility index (Phi) is 4.60. The Hall–Kier alpha value is -1.59. The molecule has 0 aromatic heterocycles. The fourth-order valence-corrected chi connectivity index (χ4v) is 3.90. The minimum atomic E-state index is 0.125. The molecular formula is C18H27N3O2. The average Bonchev–Trinajstić information content (AvgIpc) is 3.02. The van der Waals surface area contributed by atoms with Crippen molar-refractivity contribution in [1.29, 1.82) is 0 Å². The summed E-state index contributed by atoms with van der Waals surface area (Å²) in [4.78, 5) is 14.6. The number of nitrogens with zero attached hydrogens (tertiary/aromatic N) is 1. The third-order valence-electron chi connectivity index (χ3n) is 5.53. The van der Waals surface area contributed by atoms with Gasteiger partial charge in [-0.3, -0.25) is 15.6 Å². The lowest BCUT2D eigenvalue weighted by Crippen LogP contribution is -2.51. The van der Waals surface area contributed by atoms with Crippen molar-refractivity contribution in [2.75, 3.05) is 26.7 Å².